The fourth-order valence-electron chi connectivity index (χ4n) is 3.43. The molecule has 37 heavy (non-hydrogen) atoms. The first-order valence-corrected chi connectivity index (χ1v) is 11.9. The Balaban J connectivity index is 1.89. The maximum Gasteiger partial charge on any atom is 0.341 e. The molecule has 12 heteroatoms. The zero-order chi connectivity index (χ0) is 27.1. The third-order valence-electron chi connectivity index (χ3n) is 5.12. The molecule has 196 valence electrons. The standard InChI is InChI=1S/C25H25BrN2O9/c1-4-7-36-18-6-5-14(10-19(18)34-2)12-28-24(32)16(23(31)27-25(28)33)8-15-9-17(26)22(20(11-15)35-3)37-13-21(29)30/h5-6,8-11H,4,7,12-13H2,1-3H3,(H,29,30)(H,27,31,33). The molecule has 0 aromatic heterocycles. The van der Waals surface area contributed by atoms with E-state index in [1.165, 1.54) is 32.4 Å². The minimum atomic E-state index is -1.17. The molecule has 3 rings (SSSR count). The van der Waals surface area contributed by atoms with Crippen molar-refractivity contribution in [1.29, 1.82) is 0 Å². The predicted octanol–water partition coefficient (Wildman–Crippen LogP) is 3.38. The zero-order valence-electron chi connectivity index (χ0n) is 20.3. The van der Waals surface area contributed by atoms with Gasteiger partial charge in [0.15, 0.2) is 29.6 Å². The van der Waals surface area contributed by atoms with Crippen LogP contribution in [0.25, 0.3) is 6.08 Å². The molecule has 1 aliphatic rings. The van der Waals surface area contributed by atoms with Crippen LogP contribution in [-0.4, -0.2) is 61.3 Å². The Kier molecular flexibility index (Phi) is 9.12. The highest BCUT2D eigenvalue weighted by molar-refractivity contribution is 9.10. The first kappa shape index (κ1) is 27.5. The SMILES string of the molecule is CCCOc1ccc(CN2C(=O)NC(=O)C(=Cc3cc(Br)c(OCC(=O)O)c(OC)c3)C2=O)cc1OC. The molecule has 1 aliphatic heterocycles. The lowest BCUT2D eigenvalue weighted by Gasteiger charge is -2.26. The molecule has 1 heterocycles. The van der Waals surface area contributed by atoms with E-state index in [1.807, 2.05) is 6.92 Å². The van der Waals surface area contributed by atoms with Gasteiger partial charge in [0, 0.05) is 0 Å². The topological polar surface area (TPSA) is 141 Å². The molecule has 0 radical (unpaired) electrons. The van der Waals surface area contributed by atoms with Crippen LogP contribution in [-0.2, 0) is 20.9 Å². The van der Waals surface area contributed by atoms with Crippen LogP contribution in [0.3, 0.4) is 0 Å². The van der Waals surface area contributed by atoms with Crippen molar-refractivity contribution < 1.29 is 43.2 Å². The van der Waals surface area contributed by atoms with Crippen molar-refractivity contribution in [3.05, 3.63) is 51.5 Å². The summed E-state index contributed by atoms with van der Waals surface area (Å²) in [6.07, 6.45) is 2.12. The Morgan fingerprint density at radius 1 is 1.05 bits per heavy atom. The normalized spacial score (nSPS) is 14.4. The van der Waals surface area contributed by atoms with Crippen molar-refractivity contribution in [1.82, 2.24) is 10.2 Å². The second kappa shape index (κ2) is 12.3. The summed E-state index contributed by atoms with van der Waals surface area (Å²) in [5.41, 5.74) is 0.683. The number of aliphatic carboxylic acids is 1. The van der Waals surface area contributed by atoms with Crippen molar-refractivity contribution in [3.63, 3.8) is 0 Å². The summed E-state index contributed by atoms with van der Waals surface area (Å²) in [4.78, 5) is 50.0. The smallest absolute Gasteiger partial charge is 0.341 e. The van der Waals surface area contributed by atoms with E-state index in [1.54, 1.807) is 18.2 Å². The first-order chi connectivity index (χ1) is 17.7. The Hall–Kier alpha value is -4.06. The van der Waals surface area contributed by atoms with Crippen LogP contribution in [0, 0.1) is 0 Å². The van der Waals surface area contributed by atoms with Crippen molar-refractivity contribution in [2.24, 2.45) is 0 Å². The number of imide groups is 2. The molecule has 1 saturated heterocycles. The fourth-order valence-corrected chi connectivity index (χ4v) is 4.00. The summed E-state index contributed by atoms with van der Waals surface area (Å²) in [5, 5.41) is 11.0. The Bertz CT molecular complexity index is 1260. The number of hydrogen-bond donors (Lipinski definition) is 2. The van der Waals surface area contributed by atoms with Gasteiger partial charge in [-0.2, -0.15) is 0 Å². The van der Waals surface area contributed by atoms with Crippen LogP contribution >= 0.6 is 15.9 Å². The molecule has 0 saturated carbocycles. The maximum absolute atomic E-state index is 13.2. The maximum atomic E-state index is 13.2. The summed E-state index contributed by atoms with van der Waals surface area (Å²) in [7, 11) is 2.85. The van der Waals surface area contributed by atoms with Crippen molar-refractivity contribution in [2.75, 3.05) is 27.4 Å². The van der Waals surface area contributed by atoms with E-state index in [9.17, 15) is 19.2 Å². The van der Waals surface area contributed by atoms with Crippen molar-refractivity contribution >= 4 is 45.8 Å². The lowest BCUT2D eigenvalue weighted by atomic mass is 10.1. The van der Waals surface area contributed by atoms with E-state index >= 15 is 0 Å². The number of carbonyl (C=O) groups is 4. The molecule has 0 bridgehead atoms. The average Bonchev–Trinajstić information content (AvgIpc) is 2.86. The van der Waals surface area contributed by atoms with E-state index in [4.69, 9.17) is 24.1 Å². The summed E-state index contributed by atoms with van der Waals surface area (Å²) in [6, 6.07) is 7.18. The minimum absolute atomic E-state index is 0.116. The number of hydrogen-bond acceptors (Lipinski definition) is 8. The molecule has 2 aromatic carbocycles. The average molecular weight is 577 g/mol. The molecule has 0 unspecified atom stereocenters. The van der Waals surface area contributed by atoms with Gasteiger partial charge < -0.3 is 24.1 Å². The van der Waals surface area contributed by atoms with Crippen LogP contribution in [0.4, 0.5) is 4.79 Å². The van der Waals surface area contributed by atoms with Gasteiger partial charge in [0.1, 0.15) is 5.57 Å². The molecule has 2 N–H and O–H groups in total. The third kappa shape index (κ3) is 6.58. The van der Waals surface area contributed by atoms with E-state index in [2.05, 4.69) is 21.2 Å². The second-order valence-corrected chi connectivity index (χ2v) is 8.61. The number of nitrogens with one attached hydrogen (secondary N) is 1. The number of urea groups is 1. The number of rotatable bonds is 11. The number of carbonyl (C=O) groups excluding carboxylic acids is 3. The highest BCUT2D eigenvalue weighted by Gasteiger charge is 2.36. The minimum Gasteiger partial charge on any atom is -0.493 e. The predicted molar refractivity (Wildman–Crippen MR) is 135 cm³/mol. The summed E-state index contributed by atoms with van der Waals surface area (Å²) < 4.78 is 21.8. The largest absolute Gasteiger partial charge is 0.493 e. The van der Waals surface area contributed by atoms with Crippen LogP contribution < -0.4 is 24.3 Å². The zero-order valence-corrected chi connectivity index (χ0v) is 21.9. The molecule has 0 aliphatic carbocycles. The molecule has 2 aromatic rings. The van der Waals surface area contributed by atoms with E-state index < -0.39 is 30.4 Å². The van der Waals surface area contributed by atoms with E-state index in [0.29, 0.717) is 33.7 Å². The van der Waals surface area contributed by atoms with Crippen molar-refractivity contribution in [2.45, 2.75) is 19.9 Å². The van der Waals surface area contributed by atoms with Gasteiger partial charge in [-0.3, -0.25) is 19.8 Å². The molecule has 1 fully saturated rings. The number of halogens is 1. The van der Waals surface area contributed by atoms with Gasteiger partial charge >= 0.3 is 12.0 Å². The molecule has 11 nitrogen and oxygen atoms in total. The number of amides is 4. The van der Waals surface area contributed by atoms with Gasteiger partial charge in [-0.15, -0.1) is 0 Å². The Morgan fingerprint density at radius 2 is 1.78 bits per heavy atom. The van der Waals surface area contributed by atoms with Gasteiger partial charge in [0.25, 0.3) is 11.8 Å². The summed E-state index contributed by atoms with van der Waals surface area (Å²) in [6.45, 7) is 1.77. The number of benzene rings is 2. The fraction of sp³-hybridized carbons (Fsp3) is 0.280. The van der Waals surface area contributed by atoms with Gasteiger partial charge in [0.2, 0.25) is 0 Å². The Morgan fingerprint density at radius 3 is 2.43 bits per heavy atom. The van der Waals surface area contributed by atoms with Gasteiger partial charge in [-0.1, -0.05) is 13.0 Å². The number of carboxylic acids is 1. The highest BCUT2D eigenvalue weighted by Crippen LogP contribution is 2.37. The molecule has 0 spiro atoms. The molecular weight excluding hydrogens is 552 g/mol. The summed E-state index contributed by atoms with van der Waals surface area (Å²) in [5.74, 6) is -1.51. The summed E-state index contributed by atoms with van der Waals surface area (Å²) >= 11 is 3.29. The molecular formula is C25H25BrN2O9. The van der Waals surface area contributed by atoms with Crippen LogP contribution in [0.15, 0.2) is 40.4 Å². The number of ether oxygens (including phenoxy) is 4. The van der Waals surface area contributed by atoms with Crippen LogP contribution in [0.2, 0.25) is 0 Å². The second-order valence-electron chi connectivity index (χ2n) is 7.76. The van der Waals surface area contributed by atoms with Crippen LogP contribution in [0.5, 0.6) is 23.0 Å². The number of methoxy groups -OCH3 is 2. The van der Waals surface area contributed by atoms with Crippen molar-refractivity contribution in [3.8, 4) is 23.0 Å². The number of carboxylic acid groups (broad SMARTS) is 1. The number of nitrogens with zero attached hydrogens (tertiary/aromatic N) is 1. The number of barbiturate groups is 1. The van der Waals surface area contributed by atoms with E-state index in [0.717, 1.165) is 11.3 Å². The molecule has 0 atom stereocenters. The lowest BCUT2D eigenvalue weighted by Crippen LogP contribution is -2.53. The van der Waals surface area contributed by atoms with Gasteiger partial charge in [-0.05, 0) is 63.8 Å². The van der Waals surface area contributed by atoms with Gasteiger partial charge in [-0.25, -0.2) is 9.59 Å². The third-order valence-corrected chi connectivity index (χ3v) is 5.71. The highest BCUT2D eigenvalue weighted by atomic mass is 79.9. The first-order valence-electron chi connectivity index (χ1n) is 11.1. The molecule has 4 amide bonds. The quantitative estimate of drug-likeness (QED) is 0.304. The Labute approximate surface area is 221 Å². The van der Waals surface area contributed by atoms with Gasteiger partial charge in [0.05, 0.1) is 31.8 Å². The van der Waals surface area contributed by atoms with E-state index in [-0.39, 0.29) is 23.6 Å². The van der Waals surface area contributed by atoms with Crippen LogP contribution in [0.1, 0.15) is 24.5 Å². The lowest BCUT2D eigenvalue weighted by molar-refractivity contribution is -0.139. The monoisotopic (exact) mass is 576 g/mol.